The number of hydrogen-bond acceptors (Lipinski definition) is 6. The molecule has 3 aromatic rings. The summed E-state index contributed by atoms with van der Waals surface area (Å²) >= 11 is 3.38. The van der Waals surface area contributed by atoms with Gasteiger partial charge in [-0.3, -0.25) is 9.78 Å². The lowest BCUT2D eigenvalue weighted by molar-refractivity contribution is 0.0954. The molecule has 2 N–H and O–H groups in total. The van der Waals surface area contributed by atoms with Crippen molar-refractivity contribution in [2.24, 2.45) is 15.3 Å². The number of nitrogens with one attached hydrogen (secondary N) is 1. The monoisotopic (exact) mass is 423 g/mol. The number of rotatable bonds is 5. The molecule has 0 aliphatic carbocycles. The van der Waals surface area contributed by atoms with Crippen molar-refractivity contribution < 1.29 is 9.90 Å². The standard InChI is InChI=1S/C19H14BrN5O2/c20-15-4-1-5-16(10-15)23-24-17-6-7-18(26)14(9-17)12-22-25-19(27)13-3-2-8-21-11-13/h1-12,26H,(H,25,27)/b22-12-,24-23?. The first-order valence-corrected chi connectivity index (χ1v) is 8.65. The zero-order valence-corrected chi connectivity index (χ0v) is 15.5. The van der Waals surface area contributed by atoms with Crippen LogP contribution in [-0.2, 0) is 0 Å². The average molecular weight is 424 g/mol. The molecule has 8 heteroatoms. The lowest BCUT2D eigenvalue weighted by Crippen LogP contribution is -2.17. The van der Waals surface area contributed by atoms with Crippen molar-refractivity contribution in [1.29, 1.82) is 0 Å². The number of halogens is 1. The maximum Gasteiger partial charge on any atom is 0.272 e. The minimum Gasteiger partial charge on any atom is -0.507 e. The summed E-state index contributed by atoms with van der Waals surface area (Å²) in [5.41, 5.74) is 4.38. The molecule has 1 heterocycles. The van der Waals surface area contributed by atoms with Crippen LogP contribution in [0.1, 0.15) is 15.9 Å². The number of benzene rings is 2. The van der Waals surface area contributed by atoms with Crippen LogP contribution in [0, 0.1) is 0 Å². The van der Waals surface area contributed by atoms with Gasteiger partial charge in [-0.15, -0.1) is 0 Å². The van der Waals surface area contributed by atoms with Gasteiger partial charge in [-0.1, -0.05) is 22.0 Å². The Morgan fingerprint density at radius 3 is 2.63 bits per heavy atom. The Kier molecular flexibility index (Phi) is 6.01. The zero-order valence-electron chi connectivity index (χ0n) is 14.0. The van der Waals surface area contributed by atoms with Gasteiger partial charge in [-0.05, 0) is 48.5 Å². The van der Waals surface area contributed by atoms with Gasteiger partial charge in [-0.2, -0.15) is 15.3 Å². The van der Waals surface area contributed by atoms with E-state index in [0.29, 0.717) is 22.5 Å². The van der Waals surface area contributed by atoms with Crippen molar-refractivity contribution in [3.05, 3.63) is 82.6 Å². The second-order valence-electron chi connectivity index (χ2n) is 5.36. The molecule has 134 valence electrons. The molecular weight excluding hydrogens is 410 g/mol. The fraction of sp³-hybridized carbons (Fsp3) is 0. The van der Waals surface area contributed by atoms with E-state index in [9.17, 15) is 9.90 Å². The van der Waals surface area contributed by atoms with E-state index in [-0.39, 0.29) is 5.75 Å². The summed E-state index contributed by atoms with van der Waals surface area (Å²) in [4.78, 5) is 15.8. The number of hydrogen-bond donors (Lipinski definition) is 2. The number of carbonyl (C=O) groups excluding carboxylic acids is 1. The second-order valence-corrected chi connectivity index (χ2v) is 6.28. The summed E-state index contributed by atoms with van der Waals surface area (Å²) in [6.07, 6.45) is 4.35. The van der Waals surface area contributed by atoms with Crippen LogP contribution < -0.4 is 5.43 Å². The predicted octanol–water partition coefficient (Wildman–Crippen LogP) is 4.73. The number of aromatic hydroxyl groups is 1. The van der Waals surface area contributed by atoms with Gasteiger partial charge in [0.25, 0.3) is 5.91 Å². The van der Waals surface area contributed by atoms with E-state index in [0.717, 1.165) is 4.47 Å². The summed E-state index contributed by atoms with van der Waals surface area (Å²) in [6.45, 7) is 0. The Hall–Kier alpha value is -3.39. The van der Waals surface area contributed by atoms with Crippen molar-refractivity contribution >= 4 is 39.4 Å². The molecule has 0 aliphatic rings. The minimum atomic E-state index is -0.399. The smallest absolute Gasteiger partial charge is 0.272 e. The molecule has 0 bridgehead atoms. The van der Waals surface area contributed by atoms with Gasteiger partial charge in [0.05, 0.1) is 23.2 Å². The number of aromatic nitrogens is 1. The highest BCUT2D eigenvalue weighted by Crippen LogP contribution is 2.25. The Morgan fingerprint density at radius 2 is 1.89 bits per heavy atom. The second kappa shape index (κ2) is 8.81. The number of nitrogens with zero attached hydrogens (tertiary/aromatic N) is 4. The number of pyridine rings is 1. The van der Waals surface area contributed by atoms with Crippen LogP contribution in [0.3, 0.4) is 0 Å². The van der Waals surface area contributed by atoms with Crippen molar-refractivity contribution in [1.82, 2.24) is 10.4 Å². The van der Waals surface area contributed by atoms with E-state index in [4.69, 9.17) is 0 Å². The summed E-state index contributed by atoms with van der Waals surface area (Å²) in [6, 6.07) is 15.4. The van der Waals surface area contributed by atoms with Crippen molar-refractivity contribution in [3.63, 3.8) is 0 Å². The first-order chi connectivity index (χ1) is 13.1. The third-order valence-electron chi connectivity index (χ3n) is 3.39. The molecular formula is C19H14BrN5O2. The van der Waals surface area contributed by atoms with Crippen molar-refractivity contribution in [2.75, 3.05) is 0 Å². The number of azo groups is 1. The van der Waals surface area contributed by atoms with E-state index in [2.05, 4.69) is 41.7 Å². The van der Waals surface area contributed by atoms with Crippen LogP contribution in [0.2, 0.25) is 0 Å². The van der Waals surface area contributed by atoms with Gasteiger partial charge in [-0.25, -0.2) is 5.43 Å². The van der Waals surface area contributed by atoms with E-state index < -0.39 is 5.91 Å². The largest absolute Gasteiger partial charge is 0.507 e. The first-order valence-electron chi connectivity index (χ1n) is 7.85. The third-order valence-corrected chi connectivity index (χ3v) is 3.89. The minimum absolute atomic E-state index is 0.00998. The normalized spacial score (nSPS) is 11.1. The molecule has 0 unspecified atom stereocenters. The Morgan fingerprint density at radius 1 is 1.07 bits per heavy atom. The summed E-state index contributed by atoms with van der Waals surface area (Å²) < 4.78 is 0.904. The third kappa shape index (κ3) is 5.29. The van der Waals surface area contributed by atoms with Crippen LogP contribution in [0.4, 0.5) is 11.4 Å². The fourth-order valence-corrected chi connectivity index (χ4v) is 2.47. The van der Waals surface area contributed by atoms with Crippen LogP contribution in [-0.4, -0.2) is 22.2 Å². The quantitative estimate of drug-likeness (QED) is 0.352. The summed E-state index contributed by atoms with van der Waals surface area (Å²) in [5.74, 6) is -0.389. The van der Waals surface area contributed by atoms with Crippen LogP contribution in [0.5, 0.6) is 5.75 Å². The van der Waals surface area contributed by atoms with Crippen LogP contribution >= 0.6 is 15.9 Å². The topological polar surface area (TPSA) is 99.3 Å². The molecule has 0 radical (unpaired) electrons. The van der Waals surface area contributed by atoms with Crippen LogP contribution in [0.15, 0.2) is 86.8 Å². The molecule has 0 spiro atoms. The number of carbonyl (C=O) groups is 1. The average Bonchev–Trinajstić information content (AvgIpc) is 2.69. The molecule has 1 amide bonds. The Labute approximate surface area is 163 Å². The molecule has 0 aliphatic heterocycles. The Bertz CT molecular complexity index is 1010. The number of phenols is 1. The fourth-order valence-electron chi connectivity index (χ4n) is 2.08. The number of hydrazone groups is 1. The molecule has 2 aromatic carbocycles. The summed E-state index contributed by atoms with van der Waals surface area (Å²) in [5, 5.41) is 22.1. The van der Waals surface area contributed by atoms with Crippen molar-refractivity contribution in [3.8, 4) is 5.75 Å². The van der Waals surface area contributed by atoms with Gasteiger partial charge in [0.2, 0.25) is 0 Å². The number of phenolic OH excluding ortho intramolecular Hbond substituents is 1. The lowest BCUT2D eigenvalue weighted by atomic mass is 10.2. The van der Waals surface area contributed by atoms with E-state index in [1.54, 1.807) is 30.5 Å². The highest BCUT2D eigenvalue weighted by molar-refractivity contribution is 9.10. The van der Waals surface area contributed by atoms with Gasteiger partial charge < -0.3 is 5.11 Å². The first kappa shape index (κ1) is 18.4. The molecule has 0 saturated heterocycles. The molecule has 27 heavy (non-hydrogen) atoms. The predicted molar refractivity (Wildman–Crippen MR) is 106 cm³/mol. The molecule has 0 atom stereocenters. The van der Waals surface area contributed by atoms with E-state index in [1.807, 2.05) is 24.3 Å². The Balaban J connectivity index is 1.70. The summed E-state index contributed by atoms with van der Waals surface area (Å²) in [7, 11) is 0. The van der Waals surface area contributed by atoms with E-state index >= 15 is 0 Å². The highest BCUT2D eigenvalue weighted by atomic mass is 79.9. The number of amides is 1. The highest BCUT2D eigenvalue weighted by Gasteiger charge is 2.04. The maximum atomic E-state index is 11.9. The molecule has 3 rings (SSSR count). The molecule has 0 fully saturated rings. The van der Waals surface area contributed by atoms with Crippen LogP contribution in [0.25, 0.3) is 0 Å². The van der Waals surface area contributed by atoms with Gasteiger partial charge >= 0.3 is 0 Å². The van der Waals surface area contributed by atoms with Gasteiger partial charge in [0, 0.05) is 22.4 Å². The maximum absolute atomic E-state index is 11.9. The zero-order chi connectivity index (χ0) is 19.1. The molecule has 1 aromatic heterocycles. The molecule has 7 nitrogen and oxygen atoms in total. The van der Waals surface area contributed by atoms with E-state index in [1.165, 1.54) is 18.5 Å². The van der Waals surface area contributed by atoms with Crippen molar-refractivity contribution in [2.45, 2.75) is 0 Å². The van der Waals surface area contributed by atoms with Gasteiger partial charge in [0.1, 0.15) is 5.75 Å². The SMILES string of the molecule is O=C(N/N=C\c1cc(N=Nc2cccc(Br)c2)ccc1O)c1cccnc1. The molecule has 0 saturated carbocycles. The van der Waals surface area contributed by atoms with Gasteiger partial charge in [0.15, 0.2) is 0 Å². The lowest BCUT2D eigenvalue weighted by Gasteiger charge is -2.01.